The summed E-state index contributed by atoms with van der Waals surface area (Å²) in [4.78, 5) is 5.42. The SMILES string of the molecule is FC(F)(F)c1cccnc1N1CCOCC1. The summed E-state index contributed by atoms with van der Waals surface area (Å²) < 4.78 is 43.2. The van der Waals surface area contributed by atoms with E-state index in [1.165, 1.54) is 12.3 Å². The first-order valence-corrected chi connectivity index (χ1v) is 4.94. The Morgan fingerprint density at radius 1 is 1.25 bits per heavy atom. The summed E-state index contributed by atoms with van der Waals surface area (Å²) in [6.07, 6.45) is -2.98. The Kier molecular flexibility index (Phi) is 3.00. The van der Waals surface area contributed by atoms with Crippen molar-refractivity contribution >= 4 is 5.82 Å². The zero-order valence-electron chi connectivity index (χ0n) is 8.50. The molecule has 0 saturated carbocycles. The summed E-state index contributed by atoms with van der Waals surface area (Å²) >= 11 is 0. The number of hydrogen-bond acceptors (Lipinski definition) is 3. The first-order chi connectivity index (χ1) is 7.59. The van der Waals surface area contributed by atoms with E-state index in [0.717, 1.165) is 6.07 Å². The van der Waals surface area contributed by atoms with Crippen molar-refractivity contribution in [1.82, 2.24) is 4.98 Å². The molecule has 0 aromatic carbocycles. The van der Waals surface area contributed by atoms with Crippen LogP contribution in [-0.4, -0.2) is 31.3 Å². The smallest absolute Gasteiger partial charge is 0.378 e. The van der Waals surface area contributed by atoms with Gasteiger partial charge in [0.1, 0.15) is 5.82 Å². The average Bonchev–Trinajstić information content (AvgIpc) is 2.29. The van der Waals surface area contributed by atoms with Crippen molar-refractivity contribution in [3.05, 3.63) is 23.9 Å². The molecule has 0 unspecified atom stereocenters. The molecule has 88 valence electrons. The van der Waals surface area contributed by atoms with Gasteiger partial charge >= 0.3 is 6.18 Å². The van der Waals surface area contributed by atoms with Crippen LogP contribution in [0.2, 0.25) is 0 Å². The third-order valence-corrected chi connectivity index (χ3v) is 2.40. The maximum absolute atomic E-state index is 12.7. The molecule has 0 bridgehead atoms. The van der Waals surface area contributed by atoms with E-state index in [1.54, 1.807) is 4.90 Å². The van der Waals surface area contributed by atoms with Gasteiger partial charge in [-0.05, 0) is 12.1 Å². The molecule has 1 saturated heterocycles. The Balaban J connectivity index is 2.32. The molecule has 1 aromatic rings. The lowest BCUT2D eigenvalue weighted by molar-refractivity contribution is -0.137. The Morgan fingerprint density at radius 2 is 1.94 bits per heavy atom. The molecule has 3 nitrogen and oxygen atoms in total. The molecule has 1 aromatic heterocycles. The number of pyridine rings is 1. The van der Waals surface area contributed by atoms with Gasteiger partial charge in [0, 0.05) is 19.3 Å². The van der Waals surface area contributed by atoms with Crippen LogP contribution in [0.4, 0.5) is 19.0 Å². The number of hydrogen-bond donors (Lipinski definition) is 0. The van der Waals surface area contributed by atoms with E-state index in [4.69, 9.17) is 4.74 Å². The van der Waals surface area contributed by atoms with Crippen LogP contribution in [0.25, 0.3) is 0 Å². The first-order valence-electron chi connectivity index (χ1n) is 4.94. The molecule has 1 aliphatic heterocycles. The summed E-state index contributed by atoms with van der Waals surface area (Å²) in [6.45, 7) is 1.77. The topological polar surface area (TPSA) is 25.4 Å². The molecule has 1 aliphatic rings. The fourth-order valence-electron chi connectivity index (χ4n) is 1.65. The fourth-order valence-corrected chi connectivity index (χ4v) is 1.65. The van der Waals surface area contributed by atoms with Crippen LogP contribution in [-0.2, 0) is 10.9 Å². The highest BCUT2D eigenvalue weighted by Gasteiger charge is 2.35. The average molecular weight is 232 g/mol. The summed E-state index contributed by atoms with van der Waals surface area (Å²) in [5.74, 6) is -0.00157. The normalized spacial score (nSPS) is 17.6. The molecular weight excluding hydrogens is 221 g/mol. The number of nitrogens with zero attached hydrogens (tertiary/aromatic N) is 2. The first kappa shape index (κ1) is 11.2. The zero-order chi connectivity index (χ0) is 11.6. The lowest BCUT2D eigenvalue weighted by Crippen LogP contribution is -2.38. The van der Waals surface area contributed by atoms with Crippen molar-refractivity contribution in [3.8, 4) is 0 Å². The minimum Gasteiger partial charge on any atom is -0.378 e. The number of morpholine rings is 1. The molecule has 6 heteroatoms. The molecular formula is C10H11F3N2O. The Bertz CT molecular complexity index is 361. The molecule has 0 amide bonds. The van der Waals surface area contributed by atoms with Crippen LogP contribution in [0.3, 0.4) is 0 Å². The predicted molar refractivity (Wildman–Crippen MR) is 52.3 cm³/mol. The lowest BCUT2D eigenvalue weighted by atomic mass is 10.2. The van der Waals surface area contributed by atoms with Crippen molar-refractivity contribution in [2.24, 2.45) is 0 Å². The van der Waals surface area contributed by atoms with Crippen LogP contribution in [0, 0.1) is 0 Å². The van der Waals surface area contributed by atoms with Crippen molar-refractivity contribution in [1.29, 1.82) is 0 Å². The van der Waals surface area contributed by atoms with E-state index in [9.17, 15) is 13.2 Å². The molecule has 0 aliphatic carbocycles. The fraction of sp³-hybridized carbons (Fsp3) is 0.500. The maximum atomic E-state index is 12.7. The van der Waals surface area contributed by atoms with Crippen LogP contribution < -0.4 is 4.90 Å². The molecule has 2 heterocycles. The molecule has 0 radical (unpaired) electrons. The van der Waals surface area contributed by atoms with Gasteiger partial charge in [-0.1, -0.05) is 0 Å². The lowest BCUT2D eigenvalue weighted by Gasteiger charge is -2.29. The summed E-state index contributed by atoms with van der Waals surface area (Å²) in [5.41, 5.74) is -0.683. The van der Waals surface area contributed by atoms with E-state index in [1.807, 2.05) is 0 Å². The van der Waals surface area contributed by atoms with Crippen molar-refractivity contribution in [2.45, 2.75) is 6.18 Å². The van der Waals surface area contributed by atoms with Crippen molar-refractivity contribution < 1.29 is 17.9 Å². The second-order valence-electron chi connectivity index (χ2n) is 3.47. The highest BCUT2D eigenvalue weighted by atomic mass is 19.4. The second-order valence-corrected chi connectivity index (χ2v) is 3.47. The summed E-state index contributed by atoms with van der Waals surface area (Å²) in [5, 5.41) is 0. The van der Waals surface area contributed by atoms with Crippen molar-refractivity contribution in [3.63, 3.8) is 0 Å². The number of anilines is 1. The van der Waals surface area contributed by atoms with E-state index in [-0.39, 0.29) is 5.82 Å². The number of alkyl halides is 3. The Morgan fingerprint density at radius 3 is 2.56 bits per heavy atom. The summed E-state index contributed by atoms with van der Waals surface area (Å²) in [6, 6.07) is 2.35. The third kappa shape index (κ3) is 2.27. The van der Waals surface area contributed by atoms with Gasteiger partial charge in [0.25, 0.3) is 0 Å². The van der Waals surface area contributed by atoms with E-state index >= 15 is 0 Å². The van der Waals surface area contributed by atoms with Crippen LogP contribution in [0.1, 0.15) is 5.56 Å². The van der Waals surface area contributed by atoms with Gasteiger partial charge in [0.2, 0.25) is 0 Å². The maximum Gasteiger partial charge on any atom is 0.419 e. The minimum absolute atomic E-state index is 0.00157. The quantitative estimate of drug-likeness (QED) is 0.739. The molecule has 2 rings (SSSR count). The van der Waals surface area contributed by atoms with Gasteiger partial charge < -0.3 is 9.64 Å². The Labute approximate surface area is 90.8 Å². The monoisotopic (exact) mass is 232 g/mol. The minimum atomic E-state index is -4.36. The van der Waals surface area contributed by atoms with E-state index < -0.39 is 11.7 Å². The number of halogens is 3. The highest BCUT2D eigenvalue weighted by molar-refractivity contribution is 5.48. The van der Waals surface area contributed by atoms with Crippen molar-refractivity contribution in [2.75, 3.05) is 31.2 Å². The predicted octanol–water partition coefficient (Wildman–Crippen LogP) is 1.94. The standard InChI is InChI=1S/C10H11F3N2O/c11-10(12,13)8-2-1-3-14-9(8)15-4-6-16-7-5-15/h1-3H,4-7H2. The number of aromatic nitrogens is 1. The highest BCUT2D eigenvalue weighted by Crippen LogP contribution is 2.35. The van der Waals surface area contributed by atoms with Gasteiger partial charge in [-0.2, -0.15) is 13.2 Å². The summed E-state index contributed by atoms with van der Waals surface area (Å²) in [7, 11) is 0. The van der Waals surface area contributed by atoms with Gasteiger partial charge in [-0.3, -0.25) is 0 Å². The van der Waals surface area contributed by atoms with Gasteiger partial charge in [-0.15, -0.1) is 0 Å². The van der Waals surface area contributed by atoms with Crippen LogP contribution in [0.5, 0.6) is 0 Å². The number of rotatable bonds is 1. The molecule has 0 atom stereocenters. The van der Waals surface area contributed by atoms with Crippen LogP contribution in [0.15, 0.2) is 18.3 Å². The third-order valence-electron chi connectivity index (χ3n) is 2.40. The van der Waals surface area contributed by atoms with E-state index in [0.29, 0.717) is 26.3 Å². The van der Waals surface area contributed by atoms with Gasteiger partial charge in [0.05, 0.1) is 18.8 Å². The molecule has 16 heavy (non-hydrogen) atoms. The van der Waals surface area contributed by atoms with E-state index in [2.05, 4.69) is 4.98 Å². The van der Waals surface area contributed by atoms with Gasteiger partial charge in [0.15, 0.2) is 0 Å². The second kappa shape index (κ2) is 4.29. The number of ether oxygens (including phenoxy) is 1. The molecule has 1 fully saturated rings. The largest absolute Gasteiger partial charge is 0.419 e. The molecule has 0 spiro atoms. The Hall–Kier alpha value is -1.30. The van der Waals surface area contributed by atoms with Gasteiger partial charge in [-0.25, -0.2) is 4.98 Å². The van der Waals surface area contributed by atoms with Crippen LogP contribution >= 0.6 is 0 Å². The molecule has 0 N–H and O–H groups in total. The zero-order valence-corrected chi connectivity index (χ0v) is 8.50.